The van der Waals surface area contributed by atoms with E-state index < -0.39 is 136 Å². The molecule has 8 amide bonds. The lowest BCUT2D eigenvalue weighted by Crippen LogP contribution is -2.64. The van der Waals surface area contributed by atoms with Gasteiger partial charge in [-0.3, -0.25) is 47.9 Å². The third-order valence-corrected chi connectivity index (χ3v) is 8.76. The number of primary amides is 2. The minimum atomic E-state index is -3.91. The van der Waals surface area contributed by atoms with Gasteiger partial charge in [-0.05, 0) is 25.7 Å². The minimum Gasteiger partial charge on any atom is -0.480 e. The van der Waals surface area contributed by atoms with Gasteiger partial charge >= 0.3 is 5.97 Å². The van der Waals surface area contributed by atoms with Crippen LogP contribution in [0.4, 0.5) is 0 Å². The van der Waals surface area contributed by atoms with E-state index in [2.05, 4.69) is 26.6 Å². The highest BCUT2D eigenvalue weighted by molar-refractivity contribution is 7.90. The number of sulfone groups is 1. The lowest BCUT2D eigenvalue weighted by Gasteiger charge is -2.35. The molecule has 0 heterocycles. The first-order valence-corrected chi connectivity index (χ1v) is 18.8. The Morgan fingerprint density at radius 2 is 1.13 bits per heavy atom. The Hall–Kier alpha value is -5.19. The van der Waals surface area contributed by atoms with Gasteiger partial charge in [0, 0.05) is 18.1 Å². The second-order valence-corrected chi connectivity index (χ2v) is 17.5. The van der Waals surface area contributed by atoms with Gasteiger partial charge in [-0.15, -0.1) is 0 Å². The topological polar surface area (TPSA) is 370 Å². The Morgan fingerprint density at radius 3 is 1.55 bits per heavy atom. The predicted molar refractivity (Wildman–Crippen MR) is 192 cm³/mol. The fraction of sp³-hybridized carbons (Fsp3) is 0.688. The molecule has 55 heavy (non-hydrogen) atoms. The van der Waals surface area contributed by atoms with Crippen molar-refractivity contribution in [3.63, 3.8) is 0 Å². The summed E-state index contributed by atoms with van der Waals surface area (Å²) < 4.78 is 24.6. The number of amides is 8. The molecular weight excluding hydrogens is 752 g/mol. The third-order valence-electron chi connectivity index (χ3n) is 7.49. The zero-order chi connectivity index (χ0) is 43.3. The van der Waals surface area contributed by atoms with E-state index in [0.29, 0.717) is 6.42 Å². The molecular formula is C32H54N8O14S. The fourth-order valence-electron chi connectivity index (χ4n) is 4.87. The van der Waals surface area contributed by atoms with Crippen molar-refractivity contribution < 1.29 is 66.6 Å². The number of aliphatic hydroxyl groups is 1. The molecule has 0 spiro atoms. The van der Waals surface area contributed by atoms with Crippen LogP contribution in [0.15, 0.2) is 0 Å². The summed E-state index contributed by atoms with van der Waals surface area (Å²) >= 11 is 0. The summed E-state index contributed by atoms with van der Waals surface area (Å²) in [5.74, 6) is -12.5. The molecule has 12 N–H and O–H groups in total. The van der Waals surface area contributed by atoms with Crippen molar-refractivity contribution in [1.82, 2.24) is 31.9 Å². The van der Waals surface area contributed by atoms with Crippen LogP contribution < -0.4 is 43.4 Å². The largest absolute Gasteiger partial charge is 0.480 e. The molecule has 0 aliphatic carbocycles. The first kappa shape index (κ1) is 49.8. The van der Waals surface area contributed by atoms with Crippen LogP contribution in [0, 0.1) is 10.8 Å². The Labute approximate surface area is 318 Å². The first-order chi connectivity index (χ1) is 24.8. The van der Waals surface area contributed by atoms with Gasteiger partial charge in [0.2, 0.25) is 47.1 Å². The number of Topliss-reactive ketones (excluding diaryl/α,β-unsaturated/α-hetero) is 1. The predicted octanol–water partition coefficient (Wildman–Crippen LogP) is -4.77. The number of carboxylic acid groups (broad SMARTS) is 1. The Balaban J connectivity index is 6.42. The molecule has 0 aromatic heterocycles. The van der Waals surface area contributed by atoms with E-state index in [-0.39, 0.29) is 11.8 Å². The zero-order valence-electron chi connectivity index (χ0n) is 32.1. The zero-order valence-corrected chi connectivity index (χ0v) is 32.9. The van der Waals surface area contributed by atoms with Gasteiger partial charge in [-0.25, -0.2) is 8.42 Å². The highest BCUT2D eigenvalue weighted by atomic mass is 32.2. The molecule has 0 saturated carbocycles. The van der Waals surface area contributed by atoms with E-state index in [4.69, 9.17) is 16.6 Å². The van der Waals surface area contributed by atoms with Gasteiger partial charge in [0.25, 0.3) is 5.91 Å². The number of carbonyl (C=O) groups is 10. The first-order valence-electron chi connectivity index (χ1n) is 16.7. The second kappa shape index (κ2) is 20.5. The highest BCUT2D eigenvalue weighted by Crippen LogP contribution is 2.24. The Kier molecular flexibility index (Phi) is 18.5. The van der Waals surface area contributed by atoms with Crippen LogP contribution in [0.2, 0.25) is 0 Å². The maximum Gasteiger partial charge on any atom is 0.322 e. The van der Waals surface area contributed by atoms with Crippen molar-refractivity contribution >= 4 is 68.8 Å². The molecule has 312 valence electrons. The van der Waals surface area contributed by atoms with Crippen LogP contribution in [0.5, 0.6) is 0 Å². The average Bonchev–Trinajstić information content (AvgIpc) is 2.98. The SMILES string of the molecule is CC(C)(C)CCC(=O)C(=O)NCC(=O)N[C@H](C(=O)N[C@H](CC(N)=O)C(=O)N[C@H](C(=O)N[C@H](CC(N)=O)C(=O)NCC(=O)O)C(C)(C)CS(C)(=O)=O)C(C)(C)O. The number of ketones is 1. The summed E-state index contributed by atoms with van der Waals surface area (Å²) in [5.41, 5.74) is 6.42. The molecule has 0 unspecified atom stereocenters. The maximum absolute atomic E-state index is 13.7. The van der Waals surface area contributed by atoms with Crippen molar-refractivity contribution in [1.29, 1.82) is 0 Å². The van der Waals surface area contributed by atoms with Crippen LogP contribution in [0.1, 0.15) is 74.1 Å². The summed E-state index contributed by atoms with van der Waals surface area (Å²) in [6, 6.07) is -7.54. The third kappa shape index (κ3) is 20.2. The van der Waals surface area contributed by atoms with Crippen LogP contribution in [-0.2, 0) is 57.8 Å². The van der Waals surface area contributed by atoms with Crippen LogP contribution >= 0.6 is 0 Å². The number of carboxylic acids is 1. The number of carbonyl (C=O) groups excluding carboxylic acids is 9. The number of nitrogens with two attached hydrogens (primary N) is 2. The summed E-state index contributed by atoms with van der Waals surface area (Å²) in [6.45, 7) is 8.50. The van der Waals surface area contributed by atoms with Crippen LogP contribution in [0.25, 0.3) is 0 Å². The lowest BCUT2D eigenvalue weighted by molar-refractivity contribution is -0.140. The summed E-state index contributed by atoms with van der Waals surface area (Å²) in [6.07, 6.45) is -0.697. The van der Waals surface area contributed by atoms with Crippen molar-refractivity contribution in [2.75, 3.05) is 25.1 Å². The quantitative estimate of drug-likeness (QED) is 0.0434. The Morgan fingerprint density at radius 1 is 0.655 bits per heavy atom. The smallest absolute Gasteiger partial charge is 0.322 e. The number of rotatable bonds is 23. The fourth-order valence-corrected chi connectivity index (χ4v) is 6.39. The normalized spacial score (nSPS) is 14.1. The van der Waals surface area contributed by atoms with Gasteiger partial charge in [0.15, 0.2) is 0 Å². The summed E-state index contributed by atoms with van der Waals surface area (Å²) in [5, 5.41) is 32.3. The number of nitrogens with one attached hydrogen (secondary N) is 6. The average molecular weight is 807 g/mol. The molecule has 0 aromatic rings. The van der Waals surface area contributed by atoms with E-state index in [1.807, 2.05) is 26.1 Å². The molecule has 4 atom stereocenters. The number of hydrogen-bond acceptors (Lipinski definition) is 13. The standard InChI is InChI=1S/C32H54N8O14S/c1-30(2,3)10-9-18(41)27(49)35-13-21(44)39-24(32(6,7)52)29(51)38-17(12-20(34)43)26(48)40-23(31(4,5)15-55(8,53)54)28(50)37-16(11-19(33)42)25(47)36-14-22(45)46/h16-17,23-24,52H,9-15H2,1-8H3,(H2,33,42)(H2,34,43)(H,35,49)(H,36,47)(H,37,50)(H,38,51)(H,39,44)(H,40,48)(H,45,46)/t16-,17-,23-,24-/m1/s1. The van der Waals surface area contributed by atoms with Crippen molar-refractivity contribution in [3.8, 4) is 0 Å². The van der Waals surface area contributed by atoms with Crippen LogP contribution in [0.3, 0.4) is 0 Å². The Bertz CT molecular complexity index is 1620. The molecule has 23 heteroatoms. The van der Waals surface area contributed by atoms with Gasteiger partial charge in [0.05, 0.1) is 30.7 Å². The van der Waals surface area contributed by atoms with Crippen molar-refractivity contribution in [2.24, 2.45) is 22.3 Å². The number of hydrogen-bond donors (Lipinski definition) is 10. The molecule has 0 bridgehead atoms. The van der Waals surface area contributed by atoms with Gasteiger partial charge in [-0.2, -0.15) is 0 Å². The van der Waals surface area contributed by atoms with E-state index in [1.165, 1.54) is 13.8 Å². The van der Waals surface area contributed by atoms with E-state index in [0.717, 1.165) is 20.1 Å². The van der Waals surface area contributed by atoms with Gasteiger partial charge < -0.3 is 53.6 Å². The molecule has 0 aliphatic heterocycles. The molecule has 0 aliphatic rings. The van der Waals surface area contributed by atoms with E-state index in [9.17, 15) is 61.5 Å². The van der Waals surface area contributed by atoms with Crippen molar-refractivity contribution in [2.45, 2.75) is 104 Å². The molecule has 0 radical (unpaired) electrons. The number of aliphatic carboxylic acids is 1. The highest BCUT2D eigenvalue weighted by Gasteiger charge is 2.43. The maximum atomic E-state index is 13.7. The van der Waals surface area contributed by atoms with E-state index >= 15 is 0 Å². The van der Waals surface area contributed by atoms with Crippen LogP contribution in [-0.4, -0.2) is 133 Å². The molecule has 0 rings (SSSR count). The van der Waals surface area contributed by atoms with Crippen molar-refractivity contribution in [3.05, 3.63) is 0 Å². The molecule has 0 fully saturated rings. The van der Waals surface area contributed by atoms with E-state index in [1.54, 1.807) is 0 Å². The molecule has 0 saturated heterocycles. The lowest BCUT2D eigenvalue weighted by atomic mass is 9.85. The monoisotopic (exact) mass is 806 g/mol. The van der Waals surface area contributed by atoms with Gasteiger partial charge in [0.1, 0.15) is 40.5 Å². The molecule has 0 aromatic carbocycles. The summed E-state index contributed by atoms with van der Waals surface area (Å²) in [4.78, 5) is 125. The van der Waals surface area contributed by atoms with Gasteiger partial charge in [-0.1, -0.05) is 34.6 Å². The summed E-state index contributed by atoms with van der Waals surface area (Å²) in [7, 11) is -3.91. The second-order valence-electron chi connectivity index (χ2n) is 15.4. The minimum absolute atomic E-state index is 0.0982. The molecule has 22 nitrogen and oxygen atoms in total.